The van der Waals surface area contributed by atoms with Gasteiger partial charge in [0, 0.05) is 33.3 Å². The first kappa shape index (κ1) is 34.1. The van der Waals surface area contributed by atoms with Crippen LogP contribution in [0.25, 0.3) is 21.7 Å². The number of aromatic nitrogens is 1. The summed E-state index contributed by atoms with van der Waals surface area (Å²) in [6, 6.07) is 14.8. The van der Waals surface area contributed by atoms with E-state index in [4.69, 9.17) is 23.7 Å². The maximum atomic E-state index is 14.4. The van der Waals surface area contributed by atoms with Crippen LogP contribution in [0.15, 0.2) is 52.6 Å². The fourth-order valence-corrected chi connectivity index (χ4v) is 6.03. The van der Waals surface area contributed by atoms with Crippen LogP contribution >= 0.6 is 11.3 Å². The lowest BCUT2D eigenvalue weighted by atomic mass is 9.94. The lowest BCUT2D eigenvalue weighted by Crippen LogP contribution is -2.61. The third kappa shape index (κ3) is 7.52. The number of benzene rings is 1. The zero-order valence-electron chi connectivity index (χ0n) is 26.2. The Balaban J connectivity index is 2.01. The Morgan fingerprint density at radius 2 is 1.52 bits per heavy atom. The van der Waals surface area contributed by atoms with Crippen molar-refractivity contribution in [3.05, 3.63) is 69.3 Å². The van der Waals surface area contributed by atoms with E-state index >= 15 is 0 Å². The standard InChI is InChI=1S/C33H34N2O10S/c1-17(2)22-9-11-23(12-10-22)24-14-26(28-8-7-13-46-28)35(32(40)25(24)15-34)33-31(44-21(6)39)30(43-20(5)38)29(42-19(4)37)27(45-33)16-41-18(3)36/h7-14,17,27,29-31,33H,16H2,1-6H3/t27-,29+,30+,31-,33-/m1/s1. The molecule has 1 fully saturated rings. The van der Waals surface area contributed by atoms with Gasteiger partial charge in [0.05, 0.1) is 10.6 Å². The molecule has 12 nitrogen and oxygen atoms in total. The van der Waals surface area contributed by atoms with Gasteiger partial charge in [-0.1, -0.05) is 44.2 Å². The number of ether oxygens (including phenoxy) is 5. The van der Waals surface area contributed by atoms with Crippen molar-refractivity contribution in [3.8, 4) is 27.8 Å². The molecule has 5 atom stereocenters. The van der Waals surface area contributed by atoms with Gasteiger partial charge < -0.3 is 23.7 Å². The second-order valence-electron chi connectivity index (χ2n) is 10.9. The number of nitrogens with zero attached hydrogens (tertiary/aromatic N) is 2. The third-order valence-corrected chi connectivity index (χ3v) is 8.13. The molecule has 0 unspecified atom stereocenters. The Bertz CT molecular complexity index is 1710. The van der Waals surface area contributed by atoms with Gasteiger partial charge in [0.25, 0.3) is 5.56 Å². The molecule has 3 heterocycles. The minimum absolute atomic E-state index is 0.217. The van der Waals surface area contributed by atoms with Gasteiger partial charge in [-0.25, -0.2) is 0 Å². The first-order chi connectivity index (χ1) is 21.8. The number of rotatable bonds is 9. The second kappa shape index (κ2) is 14.5. The molecule has 13 heteroatoms. The summed E-state index contributed by atoms with van der Waals surface area (Å²) in [5.41, 5.74) is 1.38. The molecule has 0 radical (unpaired) electrons. The fourth-order valence-electron chi connectivity index (χ4n) is 5.29. The van der Waals surface area contributed by atoms with E-state index in [1.807, 2.05) is 30.3 Å². The molecule has 4 rings (SSSR count). The molecular weight excluding hydrogens is 616 g/mol. The summed E-state index contributed by atoms with van der Waals surface area (Å²) in [4.78, 5) is 63.8. The summed E-state index contributed by atoms with van der Waals surface area (Å²) in [5.74, 6) is -2.82. The minimum Gasteiger partial charge on any atom is -0.463 e. The average Bonchev–Trinajstić information content (AvgIpc) is 3.52. The highest BCUT2D eigenvalue weighted by Gasteiger charge is 2.53. The van der Waals surface area contributed by atoms with E-state index in [1.165, 1.54) is 11.3 Å². The van der Waals surface area contributed by atoms with Gasteiger partial charge in [0.2, 0.25) is 0 Å². The van der Waals surface area contributed by atoms with E-state index in [-0.39, 0.29) is 11.5 Å². The lowest BCUT2D eigenvalue weighted by molar-refractivity contribution is -0.268. The zero-order valence-corrected chi connectivity index (χ0v) is 27.0. The van der Waals surface area contributed by atoms with Gasteiger partial charge in [0.15, 0.2) is 24.5 Å². The van der Waals surface area contributed by atoms with Crippen LogP contribution in [0.1, 0.15) is 64.8 Å². The Morgan fingerprint density at radius 1 is 0.913 bits per heavy atom. The van der Waals surface area contributed by atoms with Crippen LogP contribution in [-0.4, -0.2) is 59.5 Å². The predicted molar refractivity (Wildman–Crippen MR) is 165 cm³/mol. The highest BCUT2D eigenvalue weighted by atomic mass is 32.1. The van der Waals surface area contributed by atoms with Gasteiger partial charge in [-0.15, -0.1) is 11.3 Å². The van der Waals surface area contributed by atoms with Crippen LogP contribution < -0.4 is 5.56 Å². The minimum atomic E-state index is -1.54. The smallest absolute Gasteiger partial charge is 0.303 e. The molecular formula is C33H34N2O10S. The number of pyridine rings is 1. The van der Waals surface area contributed by atoms with Gasteiger partial charge in [-0.05, 0) is 34.6 Å². The Kier molecular flexibility index (Phi) is 10.8. The maximum absolute atomic E-state index is 14.4. The zero-order chi connectivity index (χ0) is 33.7. The van der Waals surface area contributed by atoms with Crippen LogP contribution in [0, 0.1) is 11.3 Å². The molecule has 1 aliphatic heterocycles. The molecule has 0 N–H and O–H groups in total. The molecule has 0 saturated carbocycles. The number of hydrogen-bond donors (Lipinski definition) is 0. The Hall–Kier alpha value is -4.80. The monoisotopic (exact) mass is 650 g/mol. The van der Waals surface area contributed by atoms with Gasteiger partial charge in [-0.2, -0.15) is 5.26 Å². The first-order valence-corrected chi connectivity index (χ1v) is 15.3. The van der Waals surface area contributed by atoms with Gasteiger partial charge >= 0.3 is 23.9 Å². The SMILES string of the molecule is CC(=O)OC[C@H]1O[C@@H](n2c(-c3cccs3)cc(-c3ccc(C(C)C)cc3)c(C#N)c2=O)[C@H](OC(C)=O)[C@@H](OC(C)=O)[C@H]1OC(C)=O. The van der Waals surface area contributed by atoms with Crippen molar-refractivity contribution < 1.29 is 42.9 Å². The number of esters is 4. The fraction of sp³-hybridized carbons (Fsp3) is 0.394. The highest BCUT2D eigenvalue weighted by Crippen LogP contribution is 2.39. The Morgan fingerprint density at radius 3 is 2.04 bits per heavy atom. The molecule has 0 amide bonds. The van der Waals surface area contributed by atoms with Gasteiger partial charge in [-0.3, -0.25) is 28.5 Å². The number of carbonyl (C=O) groups is 4. The quantitative estimate of drug-likeness (QED) is 0.237. The topological polar surface area (TPSA) is 160 Å². The summed E-state index contributed by atoms with van der Waals surface area (Å²) in [6.07, 6.45) is -7.27. The van der Waals surface area contributed by atoms with E-state index in [2.05, 4.69) is 13.8 Å². The second-order valence-corrected chi connectivity index (χ2v) is 11.9. The molecule has 1 saturated heterocycles. The number of hydrogen-bond acceptors (Lipinski definition) is 12. The molecule has 3 aromatic rings. The summed E-state index contributed by atoms with van der Waals surface area (Å²) >= 11 is 1.31. The van der Waals surface area contributed by atoms with Gasteiger partial charge in [0.1, 0.15) is 24.3 Å². The van der Waals surface area contributed by atoms with Crippen molar-refractivity contribution in [2.24, 2.45) is 0 Å². The predicted octanol–water partition coefficient (Wildman–Crippen LogP) is 4.49. The van der Waals surface area contributed by atoms with E-state index in [1.54, 1.807) is 23.6 Å². The highest BCUT2D eigenvalue weighted by molar-refractivity contribution is 7.13. The molecule has 0 spiro atoms. The molecule has 1 aliphatic rings. The Labute approximate surface area is 269 Å². The van der Waals surface area contributed by atoms with Crippen molar-refractivity contribution in [1.29, 1.82) is 5.26 Å². The molecule has 242 valence electrons. The van der Waals surface area contributed by atoms with Crippen LogP contribution in [0.3, 0.4) is 0 Å². The van der Waals surface area contributed by atoms with Crippen LogP contribution in [-0.2, 0) is 42.9 Å². The number of carbonyl (C=O) groups excluding carboxylic acids is 4. The summed E-state index contributed by atoms with van der Waals surface area (Å²) in [5, 5.41) is 12.1. The molecule has 0 bridgehead atoms. The van der Waals surface area contributed by atoms with Crippen molar-refractivity contribution in [2.45, 2.75) is 78.1 Å². The van der Waals surface area contributed by atoms with Crippen LogP contribution in [0.4, 0.5) is 0 Å². The summed E-state index contributed by atoms with van der Waals surface area (Å²) < 4.78 is 29.3. The molecule has 46 heavy (non-hydrogen) atoms. The van der Waals surface area contributed by atoms with E-state index < -0.39 is 66.7 Å². The normalized spacial score (nSPS) is 20.8. The van der Waals surface area contributed by atoms with Crippen LogP contribution in [0.2, 0.25) is 0 Å². The first-order valence-electron chi connectivity index (χ1n) is 14.5. The van der Waals surface area contributed by atoms with Crippen molar-refractivity contribution in [1.82, 2.24) is 4.57 Å². The van der Waals surface area contributed by atoms with E-state index in [9.17, 15) is 29.2 Å². The van der Waals surface area contributed by atoms with Crippen LogP contribution in [0.5, 0.6) is 0 Å². The number of nitriles is 1. The van der Waals surface area contributed by atoms with Crippen molar-refractivity contribution in [2.75, 3.05) is 6.61 Å². The average molecular weight is 651 g/mol. The molecule has 0 aliphatic carbocycles. The number of thiophene rings is 1. The van der Waals surface area contributed by atoms with Crippen molar-refractivity contribution >= 4 is 35.2 Å². The van der Waals surface area contributed by atoms with E-state index in [0.29, 0.717) is 21.7 Å². The summed E-state index contributed by atoms with van der Waals surface area (Å²) in [7, 11) is 0. The van der Waals surface area contributed by atoms with Crippen molar-refractivity contribution in [3.63, 3.8) is 0 Å². The van der Waals surface area contributed by atoms with E-state index in [0.717, 1.165) is 37.8 Å². The largest absolute Gasteiger partial charge is 0.463 e. The molecule has 1 aromatic carbocycles. The maximum Gasteiger partial charge on any atom is 0.303 e. The third-order valence-electron chi connectivity index (χ3n) is 7.24. The summed E-state index contributed by atoms with van der Waals surface area (Å²) in [6.45, 7) is 8.14. The molecule has 2 aromatic heterocycles. The lowest BCUT2D eigenvalue weighted by Gasteiger charge is -2.45.